The second kappa shape index (κ2) is 4.16. The molecule has 1 saturated heterocycles. The first-order chi connectivity index (χ1) is 6.74. The molecule has 1 atom stereocenters. The number of nitrogens with zero attached hydrogens (tertiary/aromatic N) is 2. The zero-order chi connectivity index (χ0) is 10.0. The summed E-state index contributed by atoms with van der Waals surface area (Å²) in [6.07, 6.45) is 2.09. The third kappa shape index (κ3) is 1.94. The Morgan fingerprint density at radius 2 is 2.36 bits per heavy atom. The van der Waals surface area contributed by atoms with E-state index in [0.717, 1.165) is 11.4 Å². The molecule has 1 aliphatic heterocycles. The highest BCUT2D eigenvalue weighted by Gasteiger charge is 2.34. The van der Waals surface area contributed by atoms with Gasteiger partial charge in [0.05, 0.1) is 0 Å². The lowest BCUT2D eigenvalue weighted by Crippen LogP contribution is -2.20. The Morgan fingerprint density at radius 1 is 1.50 bits per heavy atom. The second-order valence-electron chi connectivity index (χ2n) is 3.90. The first-order valence-electron chi connectivity index (χ1n) is 4.85. The van der Waals surface area contributed by atoms with Crippen LogP contribution in [0.4, 0.5) is 0 Å². The molecule has 1 aromatic heterocycles. The Labute approximate surface area is 92.5 Å². The lowest BCUT2D eigenvalue weighted by Gasteiger charge is -2.17. The molecule has 0 spiro atoms. The van der Waals surface area contributed by atoms with Crippen molar-refractivity contribution >= 4 is 23.1 Å². The van der Waals surface area contributed by atoms with Crippen molar-refractivity contribution in [3.63, 3.8) is 0 Å². The van der Waals surface area contributed by atoms with Crippen LogP contribution < -0.4 is 5.73 Å². The van der Waals surface area contributed by atoms with Gasteiger partial charge >= 0.3 is 0 Å². The molecule has 0 bridgehead atoms. The molecule has 3 nitrogen and oxygen atoms in total. The van der Waals surface area contributed by atoms with Crippen LogP contribution in [0.1, 0.15) is 23.4 Å². The van der Waals surface area contributed by atoms with Crippen LogP contribution in [0, 0.1) is 0 Å². The van der Waals surface area contributed by atoms with E-state index in [-0.39, 0.29) is 5.41 Å². The molecule has 0 aliphatic carbocycles. The van der Waals surface area contributed by atoms with E-state index in [1.165, 1.54) is 22.9 Å². The fourth-order valence-corrected chi connectivity index (χ4v) is 4.15. The van der Waals surface area contributed by atoms with Crippen molar-refractivity contribution in [2.24, 2.45) is 5.73 Å². The van der Waals surface area contributed by atoms with Crippen LogP contribution in [0.3, 0.4) is 0 Å². The Balaban J connectivity index is 2.15. The fourth-order valence-electron chi connectivity index (χ4n) is 1.56. The van der Waals surface area contributed by atoms with Crippen LogP contribution >= 0.6 is 23.1 Å². The van der Waals surface area contributed by atoms with Crippen molar-refractivity contribution in [3.8, 4) is 0 Å². The van der Waals surface area contributed by atoms with Crippen LogP contribution in [-0.2, 0) is 11.8 Å². The first kappa shape index (κ1) is 10.4. The number of thioether (sulfide) groups is 1. The molecule has 2 rings (SSSR count). The summed E-state index contributed by atoms with van der Waals surface area (Å²) in [5.74, 6) is 2.44. The van der Waals surface area contributed by atoms with Gasteiger partial charge in [0.1, 0.15) is 10.0 Å². The van der Waals surface area contributed by atoms with Gasteiger partial charge in [-0.15, -0.1) is 21.5 Å². The smallest absolute Gasteiger partial charge is 0.124 e. The normalized spacial score (nSPS) is 27.0. The summed E-state index contributed by atoms with van der Waals surface area (Å²) >= 11 is 3.75. The lowest BCUT2D eigenvalue weighted by molar-refractivity contribution is 0.531. The Bertz CT molecular complexity index is 305. The highest BCUT2D eigenvalue weighted by Crippen LogP contribution is 2.39. The summed E-state index contributed by atoms with van der Waals surface area (Å²) < 4.78 is 0. The summed E-state index contributed by atoms with van der Waals surface area (Å²) in [6, 6.07) is 0. The maximum absolute atomic E-state index is 5.49. The standard InChI is InChI=1S/C9H15N3S2/c1-9(3-5-13-6-9)8-12-11-7(14-8)2-4-10/h2-6,10H2,1H3. The van der Waals surface area contributed by atoms with Crippen molar-refractivity contribution in [3.05, 3.63) is 10.0 Å². The van der Waals surface area contributed by atoms with Crippen LogP contribution in [0.15, 0.2) is 0 Å². The molecule has 14 heavy (non-hydrogen) atoms. The molecule has 2 heterocycles. The number of aromatic nitrogens is 2. The van der Waals surface area contributed by atoms with Crippen molar-refractivity contribution in [1.29, 1.82) is 0 Å². The number of nitrogens with two attached hydrogens (primary N) is 1. The van der Waals surface area contributed by atoms with Crippen LogP contribution in [0.2, 0.25) is 0 Å². The molecule has 1 aromatic rings. The van der Waals surface area contributed by atoms with E-state index in [0.29, 0.717) is 6.54 Å². The molecular formula is C9H15N3S2. The summed E-state index contributed by atoms with van der Waals surface area (Å²) in [4.78, 5) is 0. The van der Waals surface area contributed by atoms with Gasteiger partial charge in [-0.3, -0.25) is 0 Å². The summed E-state index contributed by atoms with van der Waals surface area (Å²) in [5, 5.41) is 10.7. The molecule has 1 unspecified atom stereocenters. The predicted octanol–water partition coefficient (Wildman–Crippen LogP) is 1.43. The monoisotopic (exact) mass is 229 g/mol. The van der Waals surface area contributed by atoms with Gasteiger partial charge in [0, 0.05) is 17.6 Å². The van der Waals surface area contributed by atoms with Crippen LogP contribution in [0.5, 0.6) is 0 Å². The third-order valence-electron chi connectivity index (χ3n) is 2.56. The van der Waals surface area contributed by atoms with E-state index >= 15 is 0 Å². The molecule has 78 valence electrons. The second-order valence-corrected chi connectivity index (χ2v) is 6.07. The molecule has 0 amide bonds. The van der Waals surface area contributed by atoms with Gasteiger partial charge in [-0.05, 0) is 18.7 Å². The average Bonchev–Trinajstić information content (AvgIpc) is 2.75. The van der Waals surface area contributed by atoms with E-state index in [1.54, 1.807) is 11.3 Å². The van der Waals surface area contributed by atoms with Crippen molar-refractivity contribution in [2.75, 3.05) is 18.1 Å². The first-order valence-corrected chi connectivity index (χ1v) is 6.82. The zero-order valence-corrected chi connectivity index (χ0v) is 9.96. The summed E-state index contributed by atoms with van der Waals surface area (Å²) in [5.41, 5.74) is 5.76. The topological polar surface area (TPSA) is 51.8 Å². The van der Waals surface area contributed by atoms with Crippen molar-refractivity contribution < 1.29 is 0 Å². The minimum Gasteiger partial charge on any atom is -0.330 e. The van der Waals surface area contributed by atoms with Crippen LogP contribution in [0.25, 0.3) is 0 Å². The molecule has 0 radical (unpaired) electrons. The summed E-state index contributed by atoms with van der Waals surface area (Å²) in [6.45, 7) is 2.96. The SMILES string of the molecule is CC1(c2nnc(CCN)s2)CCSC1. The molecule has 2 N–H and O–H groups in total. The van der Waals surface area contributed by atoms with Gasteiger partial charge in [-0.25, -0.2) is 0 Å². The van der Waals surface area contributed by atoms with Crippen molar-refractivity contribution in [1.82, 2.24) is 10.2 Å². The maximum Gasteiger partial charge on any atom is 0.124 e. The Hall–Kier alpha value is -0.130. The largest absolute Gasteiger partial charge is 0.330 e. The van der Waals surface area contributed by atoms with Crippen molar-refractivity contribution in [2.45, 2.75) is 25.2 Å². The molecular weight excluding hydrogens is 214 g/mol. The maximum atomic E-state index is 5.49. The van der Waals surface area contributed by atoms with Gasteiger partial charge in [0.2, 0.25) is 0 Å². The van der Waals surface area contributed by atoms with E-state index in [1.807, 2.05) is 11.8 Å². The molecule has 1 aliphatic rings. The van der Waals surface area contributed by atoms with Crippen LogP contribution in [-0.4, -0.2) is 28.2 Å². The van der Waals surface area contributed by atoms with E-state index < -0.39 is 0 Å². The third-order valence-corrected chi connectivity index (χ3v) is 5.18. The molecule has 0 saturated carbocycles. The van der Waals surface area contributed by atoms with Gasteiger partial charge in [-0.2, -0.15) is 11.8 Å². The molecule has 5 heteroatoms. The minimum absolute atomic E-state index is 0.273. The predicted molar refractivity (Wildman–Crippen MR) is 62.0 cm³/mol. The molecule has 1 fully saturated rings. The van der Waals surface area contributed by atoms with Gasteiger partial charge in [-0.1, -0.05) is 6.92 Å². The zero-order valence-electron chi connectivity index (χ0n) is 8.32. The highest BCUT2D eigenvalue weighted by molar-refractivity contribution is 7.99. The number of hydrogen-bond donors (Lipinski definition) is 1. The minimum atomic E-state index is 0.273. The Kier molecular flexibility index (Phi) is 3.09. The highest BCUT2D eigenvalue weighted by atomic mass is 32.2. The quantitative estimate of drug-likeness (QED) is 0.852. The van der Waals surface area contributed by atoms with E-state index in [2.05, 4.69) is 17.1 Å². The van der Waals surface area contributed by atoms with Gasteiger partial charge in [0.15, 0.2) is 0 Å². The summed E-state index contributed by atoms with van der Waals surface area (Å²) in [7, 11) is 0. The average molecular weight is 229 g/mol. The fraction of sp³-hybridized carbons (Fsp3) is 0.778. The van der Waals surface area contributed by atoms with Gasteiger partial charge in [0.25, 0.3) is 0 Å². The number of hydrogen-bond acceptors (Lipinski definition) is 5. The molecule has 0 aromatic carbocycles. The van der Waals surface area contributed by atoms with Gasteiger partial charge < -0.3 is 5.73 Å². The van der Waals surface area contributed by atoms with E-state index in [9.17, 15) is 0 Å². The number of rotatable bonds is 3. The Morgan fingerprint density at radius 3 is 3.00 bits per heavy atom. The van der Waals surface area contributed by atoms with E-state index in [4.69, 9.17) is 5.73 Å². The lowest BCUT2D eigenvalue weighted by atomic mass is 9.91.